The van der Waals surface area contributed by atoms with Crippen molar-refractivity contribution in [2.45, 2.75) is 32.4 Å². The Morgan fingerprint density at radius 1 is 1.11 bits per heavy atom. The summed E-state index contributed by atoms with van der Waals surface area (Å²) >= 11 is 0. The number of aromatic nitrogens is 6. The number of anilines is 2. The van der Waals surface area contributed by atoms with Crippen LogP contribution in [0.15, 0.2) is 54.7 Å². The zero-order valence-corrected chi connectivity index (χ0v) is 19.2. The van der Waals surface area contributed by atoms with E-state index in [2.05, 4.69) is 31.2 Å². The lowest BCUT2D eigenvalue weighted by Gasteiger charge is -2.24. The third-order valence-electron chi connectivity index (χ3n) is 5.96. The van der Waals surface area contributed by atoms with Gasteiger partial charge in [0.05, 0.1) is 47.5 Å². The number of carbonyl (C=O) groups excluding carboxylic acids is 1. The molecule has 10 heteroatoms. The highest BCUT2D eigenvalue weighted by molar-refractivity contribution is 5.85. The standard InChI is InChI=1S/C25H23N9O/c1-16(35)23-8-4-10-34(23)24-9-3-7-19(28-24)14-33-15-22(31-32-33)21-12-20(29-25(27)30-21)18-6-2-5-17(11-18)13-26/h2-3,5-7,9,11-12,15,23H,4,8,10,14H2,1H3,(H2,27,29,30)/t23-/m0/s1. The number of nitrogens with two attached hydrogens (primary N) is 1. The van der Waals surface area contributed by atoms with Crippen molar-refractivity contribution in [1.29, 1.82) is 5.26 Å². The van der Waals surface area contributed by atoms with Crippen LogP contribution in [0.4, 0.5) is 11.8 Å². The van der Waals surface area contributed by atoms with Crippen molar-refractivity contribution < 1.29 is 4.79 Å². The molecule has 1 saturated heterocycles. The van der Waals surface area contributed by atoms with Gasteiger partial charge in [0.15, 0.2) is 5.78 Å². The summed E-state index contributed by atoms with van der Waals surface area (Å²) in [5.74, 6) is 1.07. The molecule has 1 atom stereocenters. The van der Waals surface area contributed by atoms with Crippen LogP contribution in [0.2, 0.25) is 0 Å². The number of rotatable bonds is 6. The van der Waals surface area contributed by atoms with E-state index in [-0.39, 0.29) is 17.8 Å². The molecule has 4 aromatic rings. The van der Waals surface area contributed by atoms with Gasteiger partial charge in [-0.2, -0.15) is 5.26 Å². The minimum atomic E-state index is -0.109. The first-order valence-corrected chi connectivity index (χ1v) is 11.3. The fourth-order valence-corrected chi connectivity index (χ4v) is 4.33. The Morgan fingerprint density at radius 2 is 1.94 bits per heavy atom. The van der Waals surface area contributed by atoms with Crippen molar-refractivity contribution in [3.63, 3.8) is 0 Å². The number of nitrogen functional groups attached to an aromatic ring is 1. The van der Waals surface area contributed by atoms with Crippen LogP contribution in [0.5, 0.6) is 0 Å². The van der Waals surface area contributed by atoms with E-state index >= 15 is 0 Å². The summed E-state index contributed by atoms with van der Waals surface area (Å²) in [6.07, 6.45) is 3.62. The minimum absolute atomic E-state index is 0.106. The first-order chi connectivity index (χ1) is 17.0. The lowest BCUT2D eigenvalue weighted by Crippen LogP contribution is -2.35. The molecule has 1 aliphatic rings. The van der Waals surface area contributed by atoms with Crippen LogP contribution in [0.1, 0.15) is 31.0 Å². The van der Waals surface area contributed by atoms with E-state index in [1.165, 1.54) is 0 Å². The van der Waals surface area contributed by atoms with E-state index in [0.29, 0.717) is 29.2 Å². The molecule has 35 heavy (non-hydrogen) atoms. The third kappa shape index (κ3) is 4.70. The van der Waals surface area contributed by atoms with E-state index in [4.69, 9.17) is 10.7 Å². The first-order valence-electron chi connectivity index (χ1n) is 11.3. The topological polar surface area (TPSA) is 140 Å². The predicted molar refractivity (Wildman–Crippen MR) is 130 cm³/mol. The van der Waals surface area contributed by atoms with Gasteiger partial charge in [-0.05, 0) is 50.1 Å². The third-order valence-corrected chi connectivity index (χ3v) is 5.96. The average molecular weight is 466 g/mol. The van der Waals surface area contributed by atoms with Crippen molar-refractivity contribution in [2.24, 2.45) is 0 Å². The molecule has 1 aromatic carbocycles. The Bertz CT molecular complexity index is 1440. The molecule has 0 amide bonds. The number of Topliss-reactive ketones (excluding diaryl/α,β-unsaturated/α-hetero) is 1. The molecule has 1 aliphatic heterocycles. The predicted octanol–water partition coefficient (Wildman–Crippen LogP) is 2.86. The summed E-state index contributed by atoms with van der Waals surface area (Å²) in [4.78, 5) is 27.4. The zero-order valence-electron chi connectivity index (χ0n) is 19.2. The van der Waals surface area contributed by atoms with E-state index in [1.54, 1.807) is 42.1 Å². The van der Waals surface area contributed by atoms with Crippen molar-refractivity contribution >= 4 is 17.5 Å². The van der Waals surface area contributed by atoms with Crippen molar-refractivity contribution in [1.82, 2.24) is 29.9 Å². The number of ketones is 1. The smallest absolute Gasteiger partial charge is 0.221 e. The molecule has 174 valence electrons. The first kappa shape index (κ1) is 22.2. The quantitative estimate of drug-likeness (QED) is 0.455. The Balaban J connectivity index is 1.38. The monoisotopic (exact) mass is 465 g/mol. The van der Waals surface area contributed by atoms with Crippen LogP contribution >= 0.6 is 0 Å². The number of benzene rings is 1. The molecule has 0 radical (unpaired) electrons. The Labute approximate surface area is 202 Å². The molecule has 1 fully saturated rings. The second kappa shape index (κ2) is 9.30. The second-order valence-corrected chi connectivity index (χ2v) is 8.44. The molecule has 0 saturated carbocycles. The maximum Gasteiger partial charge on any atom is 0.221 e. The largest absolute Gasteiger partial charge is 0.368 e. The molecule has 5 rings (SSSR count). The molecule has 0 spiro atoms. The van der Waals surface area contributed by atoms with Crippen LogP contribution in [0.25, 0.3) is 22.6 Å². The number of nitrogens with zero attached hydrogens (tertiary/aromatic N) is 8. The maximum atomic E-state index is 12.0. The summed E-state index contributed by atoms with van der Waals surface area (Å²) in [6.45, 7) is 2.87. The Hall–Kier alpha value is -4.65. The van der Waals surface area contributed by atoms with Crippen LogP contribution < -0.4 is 10.6 Å². The fourth-order valence-electron chi connectivity index (χ4n) is 4.33. The van der Waals surface area contributed by atoms with E-state index in [9.17, 15) is 10.1 Å². The highest BCUT2D eigenvalue weighted by Gasteiger charge is 2.29. The normalized spacial score (nSPS) is 15.2. The van der Waals surface area contributed by atoms with Gasteiger partial charge in [-0.25, -0.2) is 19.6 Å². The molecular formula is C25H23N9O. The van der Waals surface area contributed by atoms with Gasteiger partial charge in [0, 0.05) is 12.1 Å². The van der Waals surface area contributed by atoms with Crippen LogP contribution in [0.3, 0.4) is 0 Å². The molecule has 0 bridgehead atoms. The minimum Gasteiger partial charge on any atom is -0.368 e. The fraction of sp³-hybridized carbons (Fsp3) is 0.240. The average Bonchev–Trinajstić information content (AvgIpc) is 3.54. The lowest BCUT2D eigenvalue weighted by molar-refractivity contribution is -0.118. The highest BCUT2D eigenvalue weighted by Crippen LogP contribution is 2.26. The molecule has 10 nitrogen and oxygen atoms in total. The molecule has 0 aliphatic carbocycles. The van der Waals surface area contributed by atoms with E-state index < -0.39 is 0 Å². The molecule has 3 aromatic heterocycles. The number of hydrogen-bond acceptors (Lipinski definition) is 9. The Kier molecular flexibility index (Phi) is 5.89. The lowest BCUT2D eigenvalue weighted by atomic mass is 10.1. The molecule has 4 heterocycles. The summed E-state index contributed by atoms with van der Waals surface area (Å²) in [5, 5.41) is 17.7. The van der Waals surface area contributed by atoms with E-state index in [0.717, 1.165) is 36.5 Å². The van der Waals surface area contributed by atoms with Crippen molar-refractivity contribution in [3.05, 3.63) is 66.0 Å². The summed E-state index contributed by atoms with van der Waals surface area (Å²) in [6, 6.07) is 16.7. The zero-order chi connectivity index (χ0) is 24.4. The van der Waals surface area contributed by atoms with Gasteiger partial charge in [0.1, 0.15) is 11.5 Å². The summed E-state index contributed by atoms with van der Waals surface area (Å²) < 4.78 is 1.68. The van der Waals surface area contributed by atoms with Crippen LogP contribution in [-0.4, -0.2) is 48.3 Å². The van der Waals surface area contributed by atoms with Crippen molar-refractivity contribution in [2.75, 3.05) is 17.2 Å². The molecule has 0 unspecified atom stereocenters. The van der Waals surface area contributed by atoms with Gasteiger partial charge in [-0.1, -0.05) is 23.4 Å². The number of nitriles is 1. The van der Waals surface area contributed by atoms with Gasteiger partial charge in [0.2, 0.25) is 5.95 Å². The second-order valence-electron chi connectivity index (χ2n) is 8.44. The highest BCUT2D eigenvalue weighted by atomic mass is 16.1. The summed E-state index contributed by atoms with van der Waals surface area (Å²) in [5.41, 5.74) is 9.74. The van der Waals surface area contributed by atoms with Gasteiger partial charge in [0.25, 0.3) is 0 Å². The number of pyridine rings is 1. The Morgan fingerprint density at radius 3 is 2.77 bits per heavy atom. The van der Waals surface area contributed by atoms with Gasteiger partial charge < -0.3 is 10.6 Å². The van der Waals surface area contributed by atoms with E-state index in [1.807, 2.05) is 24.3 Å². The van der Waals surface area contributed by atoms with Gasteiger partial charge in [-0.3, -0.25) is 4.79 Å². The summed E-state index contributed by atoms with van der Waals surface area (Å²) in [7, 11) is 0. The maximum absolute atomic E-state index is 12.0. The van der Waals surface area contributed by atoms with Crippen molar-refractivity contribution in [3.8, 4) is 28.7 Å². The SMILES string of the molecule is CC(=O)[C@@H]1CCCN1c1cccc(Cn2cc(-c3cc(-c4cccc(C#N)c4)nc(N)n3)nn2)n1. The van der Waals surface area contributed by atoms with Gasteiger partial charge >= 0.3 is 0 Å². The number of carbonyl (C=O) groups is 1. The molecular weight excluding hydrogens is 442 g/mol. The van der Waals surface area contributed by atoms with Gasteiger partial charge in [-0.15, -0.1) is 5.10 Å². The number of hydrogen-bond donors (Lipinski definition) is 1. The van der Waals surface area contributed by atoms with Crippen LogP contribution in [-0.2, 0) is 11.3 Å². The van der Waals surface area contributed by atoms with Crippen LogP contribution in [0, 0.1) is 11.3 Å². The molecule has 2 N–H and O–H groups in total.